The number of hydrogen-bond acceptors (Lipinski definition) is 6. The molecule has 1 aliphatic carbocycles. The molecule has 1 aromatic carbocycles. The third kappa shape index (κ3) is 4.08. The van der Waals surface area contributed by atoms with Crippen molar-refractivity contribution in [3.63, 3.8) is 0 Å². The molecule has 2 aromatic rings. The summed E-state index contributed by atoms with van der Waals surface area (Å²) < 4.78 is 11.5. The molecule has 1 saturated carbocycles. The Labute approximate surface area is 181 Å². The van der Waals surface area contributed by atoms with Crippen LogP contribution in [0.25, 0.3) is 11.3 Å². The van der Waals surface area contributed by atoms with Gasteiger partial charge in [0.25, 0.3) is 5.91 Å². The maximum Gasteiger partial charge on any atom is 0.329 e. The zero-order valence-electron chi connectivity index (χ0n) is 17.8. The Kier molecular flexibility index (Phi) is 6.09. The normalized spacial score (nSPS) is 18.0. The number of aromatic nitrogens is 1. The highest BCUT2D eigenvalue weighted by Gasteiger charge is 2.37. The van der Waals surface area contributed by atoms with Crippen molar-refractivity contribution in [3.05, 3.63) is 28.1 Å². The fraction of sp³-hybridized carbons (Fsp3) is 0.522. The van der Waals surface area contributed by atoms with Gasteiger partial charge in [-0.05, 0) is 64.2 Å². The summed E-state index contributed by atoms with van der Waals surface area (Å²) in [6, 6.07) is 5.06. The van der Waals surface area contributed by atoms with Crippen molar-refractivity contribution in [2.75, 3.05) is 11.5 Å². The minimum Gasteiger partial charge on any atom is -0.482 e. The van der Waals surface area contributed by atoms with Gasteiger partial charge in [0.1, 0.15) is 17.9 Å². The summed E-state index contributed by atoms with van der Waals surface area (Å²) in [5.41, 5.74) is 2.42. The smallest absolute Gasteiger partial charge is 0.329 e. The van der Waals surface area contributed by atoms with Gasteiger partial charge in [0, 0.05) is 10.4 Å². The lowest BCUT2D eigenvalue weighted by atomic mass is 9.97. The van der Waals surface area contributed by atoms with Crippen LogP contribution in [0.1, 0.15) is 55.3 Å². The lowest BCUT2D eigenvalue weighted by molar-refractivity contribution is -0.153. The van der Waals surface area contributed by atoms with E-state index >= 15 is 0 Å². The molecule has 0 spiro atoms. The van der Waals surface area contributed by atoms with E-state index in [2.05, 4.69) is 4.98 Å². The highest BCUT2D eigenvalue weighted by Crippen LogP contribution is 2.39. The quantitative estimate of drug-likeness (QED) is 0.640. The van der Waals surface area contributed by atoms with Crippen LogP contribution in [0.15, 0.2) is 18.2 Å². The molecular weight excluding hydrogens is 400 g/mol. The first-order valence-electron chi connectivity index (χ1n) is 10.7. The Morgan fingerprint density at radius 3 is 2.73 bits per heavy atom. The van der Waals surface area contributed by atoms with Gasteiger partial charge in [-0.2, -0.15) is 0 Å². The number of ether oxygens (including phenoxy) is 2. The van der Waals surface area contributed by atoms with Crippen LogP contribution < -0.4 is 9.64 Å². The summed E-state index contributed by atoms with van der Waals surface area (Å²) in [7, 11) is 0. The predicted molar refractivity (Wildman–Crippen MR) is 117 cm³/mol. The number of hydrogen-bond donors (Lipinski definition) is 0. The minimum absolute atomic E-state index is 0.0390. The van der Waals surface area contributed by atoms with Crippen LogP contribution in [-0.2, 0) is 14.3 Å². The van der Waals surface area contributed by atoms with Crippen LogP contribution in [0.5, 0.6) is 5.75 Å². The zero-order valence-corrected chi connectivity index (χ0v) is 18.6. The van der Waals surface area contributed by atoms with Gasteiger partial charge in [-0.3, -0.25) is 9.69 Å². The summed E-state index contributed by atoms with van der Waals surface area (Å²) in [6.45, 7) is 5.85. The molecule has 6 nitrogen and oxygen atoms in total. The van der Waals surface area contributed by atoms with Gasteiger partial charge < -0.3 is 9.47 Å². The third-order valence-electron chi connectivity index (χ3n) is 5.82. The van der Waals surface area contributed by atoms with E-state index in [0.29, 0.717) is 17.9 Å². The molecule has 1 atom stereocenters. The molecule has 0 radical (unpaired) electrons. The molecule has 0 saturated heterocycles. The summed E-state index contributed by atoms with van der Waals surface area (Å²) in [5.74, 6) is 0.0573. The molecule has 1 aliphatic heterocycles. The summed E-state index contributed by atoms with van der Waals surface area (Å²) >= 11 is 1.64. The second-order valence-electron chi connectivity index (χ2n) is 7.99. The number of benzene rings is 1. The van der Waals surface area contributed by atoms with Crippen LogP contribution >= 0.6 is 11.3 Å². The maximum absolute atomic E-state index is 13.0. The fourth-order valence-electron chi connectivity index (χ4n) is 4.34. The summed E-state index contributed by atoms with van der Waals surface area (Å²) in [4.78, 5) is 33.2. The Bertz CT molecular complexity index is 949. The van der Waals surface area contributed by atoms with Crippen LogP contribution in [-0.4, -0.2) is 35.6 Å². The number of fused-ring (bicyclic) bond motifs is 1. The van der Waals surface area contributed by atoms with E-state index in [1.165, 1.54) is 6.42 Å². The van der Waals surface area contributed by atoms with Gasteiger partial charge in [0.05, 0.1) is 16.4 Å². The van der Waals surface area contributed by atoms with Gasteiger partial charge >= 0.3 is 5.97 Å². The number of rotatable bonds is 5. The zero-order chi connectivity index (χ0) is 21.3. The molecule has 2 heterocycles. The lowest BCUT2D eigenvalue weighted by Gasteiger charge is -2.35. The largest absolute Gasteiger partial charge is 0.482 e. The van der Waals surface area contributed by atoms with Gasteiger partial charge in [-0.25, -0.2) is 9.78 Å². The van der Waals surface area contributed by atoms with Gasteiger partial charge in [0.2, 0.25) is 0 Å². The molecule has 1 amide bonds. The van der Waals surface area contributed by atoms with E-state index < -0.39 is 6.04 Å². The first-order chi connectivity index (χ1) is 14.5. The average Bonchev–Trinajstić information content (AvgIpc) is 3.08. The molecule has 4 rings (SSSR count). The number of thiazole rings is 1. The van der Waals surface area contributed by atoms with Gasteiger partial charge in [-0.15, -0.1) is 11.3 Å². The number of amides is 1. The Morgan fingerprint density at radius 1 is 1.30 bits per heavy atom. The van der Waals surface area contributed by atoms with Crippen molar-refractivity contribution in [1.29, 1.82) is 0 Å². The number of esters is 1. The Morgan fingerprint density at radius 2 is 2.07 bits per heavy atom. The van der Waals surface area contributed by atoms with E-state index in [1.54, 1.807) is 16.2 Å². The second-order valence-corrected chi connectivity index (χ2v) is 9.40. The fourth-order valence-corrected chi connectivity index (χ4v) is 5.18. The van der Waals surface area contributed by atoms with Crippen LogP contribution in [0.3, 0.4) is 0 Å². The predicted octanol–water partition coefficient (Wildman–Crippen LogP) is 4.81. The molecule has 7 heteroatoms. The van der Waals surface area contributed by atoms with Gasteiger partial charge in [0.15, 0.2) is 6.61 Å². The molecule has 0 bridgehead atoms. The molecule has 160 valence electrons. The van der Waals surface area contributed by atoms with E-state index in [0.717, 1.165) is 46.8 Å². The molecular formula is C23H28N2O4S. The van der Waals surface area contributed by atoms with Crippen molar-refractivity contribution in [2.24, 2.45) is 0 Å². The molecule has 1 unspecified atom stereocenters. The molecule has 2 aliphatic rings. The number of carbonyl (C=O) groups is 2. The molecule has 0 N–H and O–H groups in total. The lowest BCUT2D eigenvalue weighted by Crippen LogP contribution is -2.50. The van der Waals surface area contributed by atoms with E-state index in [9.17, 15) is 9.59 Å². The summed E-state index contributed by atoms with van der Waals surface area (Å²) in [5, 5.41) is 0.992. The van der Waals surface area contributed by atoms with E-state index in [4.69, 9.17) is 9.47 Å². The third-order valence-corrected chi connectivity index (χ3v) is 6.71. The SMILES string of the molecule is CCC(C(=O)OC1CCCCC1)N1C(=O)COc2ccc(-c3nc(C)sc3C)cc21. The number of nitrogens with zero attached hydrogens (tertiary/aromatic N) is 2. The minimum atomic E-state index is -0.657. The van der Waals surface area contributed by atoms with Crippen molar-refractivity contribution < 1.29 is 19.1 Å². The van der Waals surface area contributed by atoms with Crippen molar-refractivity contribution in [3.8, 4) is 17.0 Å². The van der Waals surface area contributed by atoms with E-state index in [-0.39, 0.29) is 24.6 Å². The number of aryl methyl sites for hydroxylation is 2. The molecule has 1 aromatic heterocycles. The highest BCUT2D eigenvalue weighted by atomic mass is 32.1. The average molecular weight is 429 g/mol. The first kappa shape index (κ1) is 20.8. The van der Waals surface area contributed by atoms with Crippen molar-refractivity contribution in [1.82, 2.24) is 4.98 Å². The molecule has 30 heavy (non-hydrogen) atoms. The van der Waals surface area contributed by atoms with Crippen LogP contribution in [0.4, 0.5) is 5.69 Å². The van der Waals surface area contributed by atoms with Gasteiger partial charge in [-0.1, -0.05) is 13.3 Å². The Hall–Kier alpha value is -2.41. The first-order valence-corrected chi connectivity index (χ1v) is 11.5. The molecule has 1 fully saturated rings. The van der Waals surface area contributed by atoms with Crippen LogP contribution in [0.2, 0.25) is 0 Å². The highest BCUT2D eigenvalue weighted by molar-refractivity contribution is 7.11. The van der Waals surface area contributed by atoms with E-state index in [1.807, 2.05) is 39.0 Å². The standard InChI is InChI=1S/C23H28N2O4S/c1-4-18(23(27)29-17-8-6-5-7-9-17)25-19-12-16(22-14(2)30-15(3)24-22)10-11-20(19)28-13-21(25)26/h10-12,17-18H,4-9,13H2,1-3H3. The number of anilines is 1. The topological polar surface area (TPSA) is 68.7 Å². The summed E-state index contributed by atoms with van der Waals surface area (Å²) in [6.07, 6.45) is 5.62. The second kappa shape index (κ2) is 8.76. The number of carbonyl (C=O) groups excluding carboxylic acids is 2. The van der Waals surface area contributed by atoms with Crippen molar-refractivity contribution in [2.45, 2.75) is 71.4 Å². The Balaban J connectivity index is 1.66. The maximum atomic E-state index is 13.0. The monoisotopic (exact) mass is 428 g/mol. The van der Waals surface area contributed by atoms with Crippen LogP contribution in [0, 0.1) is 13.8 Å². The van der Waals surface area contributed by atoms with Crippen molar-refractivity contribution >= 4 is 28.9 Å².